The Morgan fingerprint density at radius 1 is 1.32 bits per heavy atom. The molecule has 0 radical (unpaired) electrons. The number of tetrazole rings is 1. The molecule has 2 aromatic rings. The van der Waals surface area contributed by atoms with Crippen LogP contribution in [0.25, 0.3) is 0 Å². The molecule has 2 aliphatic heterocycles. The fraction of sp³-hybridized carbons (Fsp3) is 0.500. The third kappa shape index (κ3) is 6.86. The molecular weight excluding hydrogens is 639 g/mol. The average molecular weight is 666 g/mol. The summed E-state index contributed by atoms with van der Waals surface area (Å²) in [6.07, 6.45) is 6.32. The van der Waals surface area contributed by atoms with Gasteiger partial charge in [0.1, 0.15) is 28.6 Å². The lowest BCUT2D eigenvalue weighted by molar-refractivity contribution is -0.157. The first-order valence-corrected chi connectivity index (χ1v) is 16.3. The minimum atomic E-state index is -1.34. The van der Waals surface area contributed by atoms with Gasteiger partial charge >= 0.3 is 11.9 Å². The highest BCUT2D eigenvalue weighted by atomic mass is 32.2. The van der Waals surface area contributed by atoms with Crippen LogP contribution in [0.4, 0.5) is 5.13 Å². The highest BCUT2D eigenvalue weighted by Crippen LogP contribution is 2.44. The summed E-state index contributed by atoms with van der Waals surface area (Å²) in [4.78, 5) is 72.0. The van der Waals surface area contributed by atoms with Gasteiger partial charge in [0.2, 0.25) is 17.5 Å². The van der Waals surface area contributed by atoms with Crippen molar-refractivity contribution >= 4 is 75.9 Å². The van der Waals surface area contributed by atoms with Crippen LogP contribution in [0.2, 0.25) is 0 Å². The van der Waals surface area contributed by atoms with Crippen molar-refractivity contribution in [3.8, 4) is 0 Å². The van der Waals surface area contributed by atoms with Crippen molar-refractivity contribution in [1.29, 1.82) is 0 Å². The Labute approximate surface area is 261 Å². The second-order valence-electron chi connectivity index (χ2n) is 10.1. The quantitative estimate of drug-likeness (QED) is 0.0530. The molecule has 0 saturated carbocycles. The van der Waals surface area contributed by atoms with E-state index < -0.39 is 40.6 Å². The van der Waals surface area contributed by atoms with E-state index in [2.05, 4.69) is 36.3 Å². The number of amides is 3. The van der Waals surface area contributed by atoms with Crippen LogP contribution < -0.4 is 10.6 Å². The number of fused-ring (bicyclic) bond motifs is 1. The Morgan fingerprint density at radius 3 is 2.89 bits per heavy atom. The predicted molar refractivity (Wildman–Crippen MR) is 157 cm³/mol. The first kappa shape index (κ1) is 31.4. The van der Waals surface area contributed by atoms with Crippen molar-refractivity contribution in [2.45, 2.75) is 54.9 Å². The van der Waals surface area contributed by atoms with Crippen molar-refractivity contribution in [3.05, 3.63) is 23.2 Å². The van der Waals surface area contributed by atoms with Crippen molar-refractivity contribution < 1.29 is 39.0 Å². The third-order valence-electron chi connectivity index (χ3n) is 7.03. The summed E-state index contributed by atoms with van der Waals surface area (Å²) in [5.74, 6) is -3.12. The van der Waals surface area contributed by atoms with Gasteiger partial charge in [0.05, 0.1) is 13.0 Å². The van der Waals surface area contributed by atoms with Gasteiger partial charge in [0.15, 0.2) is 10.8 Å². The summed E-state index contributed by atoms with van der Waals surface area (Å²) in [6, 6.07) is -0.929. The molecule has 0 aromatic carbocycles. The summed E-state index contributed by atoms with van der Waals surface area (Å²) in [6.45, 7) is -0.0726. The minimum absolute atomic E-state index is 0.0249. The molecule has 0 bridgehead atoms. The smallest absolute Gasteiger partial charge is 0.313 e. The number of nitrogens with one attached hydrogen (secondary N) is 2. The van der Waals surface area contributed by atoms with Crippen LogP contribution >= 0.6 is 34.9 Å². The number of aryl methyl sites for hydroxylation is 1. The monoisotopic (exact) mass is 665 g/mol. The van der Waals surface area contributed by atoms with E-state index >= 15 is 0 Å². The zero-order valence-corrected chi connectivity index (χ0v) is 25.3. The van der Waals surface area contributed by atoms with Crippen LogP contribution in [0, 0.1) is 5.41 Å². The Kier molecular flexibility index (Phi) is 9.79. The van der Waals surface area contributed by atoms with Crippen LogP contribution in [0.3, 0.4) is 0 Å². The lowest BCUT2D eigenvalue weighted by atomic mass is 9.89. The zero-order chi connectivity index (χ0) is 31.3. The van der Waals surface area contributed by atoms with E-state index in [9.17, 15) is 29.1 Å². The largest absolute Gasteiger partial charge is 0.481 e. The van der Waals surface area contributed by atoms with Crippen molar-refractivity contribution in [2.24, 2.45) is 10.6 Å². The molecule has 5 rings (SSSR count). The number of thioether (sulfide) groups is 2. The molecule has 20 heteroatoms. The fourth-order valence-electron chi connectivity index (χ4n) is 4.65. The fourth-order valence-corrected chi connectivity index (χ4v) is 8.07. The number of aliphatic carboxylic acids is 2. The minimum Gasteiger partial charge on any atom is -0.481 e. The molecule has 234 valence electrons. The van der Waals surface area contributed by atoms with Gasteiger partial charge < -0.3 is 30.6 Å². The number of nitrogens with zero attached hydrogens (tertiary/aromatic N) is 7. The number of rotatable bonds is 14. The Hall–Kier alpha value is -4.04. The van der Waals surface area contributed by atoms with Gasteiger partial charge in [-0.05, 0) is 35.8 Å². The van der Waals surface area contributed by atoms with E-state index in [1.54, 1.807) is 0 Å². The second-order valence-corrected chi connectivity index (χ2v) is 13.0. The topological polar surface area (TPSA) is 231 Å². The highest BCUT2D eigenvalue weighted by molar-refractivity contribution is 8.00. The standard InChI is InChI=1S/C24H27N9O8S3/c34-12-25-22-26-14(8-42-22)16(29-41-13-4-2-1-3-5-13)18(37)27-17-19(38)32-9-24(21(39)40,10-43-20(17)32)11-44-23-28-30-31-33(23)7-6-15(35)36/h2,4,8,12-13,17,20H,1,3,5-7,9-11H2,(H,27,37)(H,35,36)(H,39,40)(H,25,26,34)/t13?,17?,20-,24?/m1/s1. The van der Waals surface area contributed by atoms with Crippen LogP contribution in [0.5, 0.6) is 0 Å². The number of thiazole rings is 1. The van der Waals surface area contributed by atoms with Gasteiger partial charge in [-0.1, -0.05) is 23.0 Å². The SMILES string of the molecule is O=CNc1nc(C(=NOC2C=CCCC2)C(=O)NC2C(=O)N3CC(CSc4nnnn4CCC(=O)O)(C(=O)O)CS[C@H]23)cs1. The number of carboxylic acid groups (broad SMARTS) is 2. The van der Waals surface area contributed by atoms with Crippen molar-refractivity contribution in [3.63, 3.8) is 0 Å². The van der Waals surface area contributed by atoms with Crippen molar-refractivity contribution in [1.82, 2.24) is 35.4 Å². The van der Waals surface area contributed by atoms with Crippen molar-refractivity contribution in [2.75, 3.05) is 23.4 Å². The first-order chi connectivity index (χ1) is 21.2. The molecule has 2 saturated heterocycles. The number of carbonyl (C=O) groups is 5. The first-order valence-electron chi connectivity index (χ1n) is 13.3. The van der Waals surface area contributed by atoms with E-state index in [0.717, 1.165) is 42.4 Å². The van der Waals surface area contributed by atoms with Crippen LogP contribution in [0.1, 0.15) is 31.4 Å². The molecule has 17 nitrogen and oxygen atoms in total. The Balaban J connectivity index is 1.25. The number of carboxylic acids is 2. The average Bonchev–Trinajstić information content (AvgIpc) is 3.68. The molecule has 4 N–H and O–H groups in total. The summed E-state index contributed by atoms with van der Waals surface area (Å²) in [5.41, 5.74) is -1.34. The molecule has 1 aliphatic carbocycles. The highest BCUT2D eigenvalue weighted by Gasteiger charge is 2.57. The number of hydrogen-bond donors (Lipinski definition) is 4. The summed E-state index contributed by atoms with van der Waals surface area (Å²) in [7, 11) is 0. The maximum atomic E-state index is 13.4. The van der Waals surface area contributed by atoms with Gasteiger partial charge in [-0.15, -0.1) is 28.2 Å². The maximum absolute atomic E-state index is 13.4. The Morgan fingerprint density at radius 2 is 2.16 bits per heavy atom. The van der Waals surface area contributed by atoms with E-state index in [0.29, 0.717) is 6.41 Å². The summed E-state index contributed by atoms with van der Waals surface area (Å²) in [5, 5.41) is 41.0. The van der Waals surface area contributed by atoms with Crippen LogP contribution in [-0.2, 0) is 35.4 Å². The number of carbonyl (C=O) groups excluding carboxylic acids is 3. The van der Waals surface area contributed by atoms with Gasteiger partial charge in [-0.2, -0.15) is 0 Å². The van der Waals surface area contributed by atoms with Gasteiger partial charge in [0, 0.05) is 23.4 Å². The number of anilines is 1. The number of hydrogen-bond acceptors (Lipinski definition) is 14. The van der Waals surface area contributed by atoms with Crippen LogP contribution in [-0.4, -0.2) is 112 Å². The lowest BCUT2D eigenvalue weighted by Gasteiger charge is -2.53. The Bertz CT molecular complexity index is 1500. The molecule has 44 heavy (non-hydrogen) atoms. The van der Waals surface area contributed by atoms with E-state index in [1.807, 2.05) is 12.2 Å². The number of aromatic nitrogens is 5. The van der Waals surface area contributed by atoms with Gasteiger partial charge in [0.25, 0.3) is 5.91 Å². The van der Waals surface area contributed by atoms with E-state index in [4.69, 9.17) is 9.94 Å². The molecule has 0 spiro atoms. The third-order valence-corrected chi connectivity index (χ3v) is 10.6. The number of allylic oxidation sites excluding steroid dienone is 1. The molecule has 3 unspecified atom stereocenters. The molecule has 2 fully saturated rings. The molecule has 3 aliphatic rings. The zero-order valence-electron chi connectivity index (χ0n) is 22.9. The summed E-state index contributed by atoms with van der Waals surface area (Å²) < 4.78 is 1.29. The molecule has 2 aromatic heterocycles. The van der Waals surface area contributed by atoms with Gasteiger partial charge in [-0.3, -0.25) is 24.0 Å². The normalized spacial score (nSPS) is 24.6. The lowest BCUT2D eigenvalue weighted by Crippen LogP contribution is -2.74. The van der Waals surface area contributed by atoms with E-state index in [1.165, 1.54) is 26.7 Å². The summed E-state index contributed by atoms with van der Waals surface area (Å²) >= 11 is 3.39. The molecule has 3 amide bonds. The number of β-lactam (4-membered cyclic amide) rings is 1. The predicted octanol–water partition coefficient (Wildman–Crippen LogP) is 0.265. The van der Waals surface area contributed by atoms with Crippen LogP contribution in [0.15, 0.2) is 27.8 Å². The van der Waals surface area contributed by atoms with E-state index in [-0.39, 0.29) is 58.8 Å². The van der Waals surface area contributed by atoms with Gasteiger partial charge in [-0.25, -0.2) is 9.67 Å². The molecular formula is C24H27N9O8S3. The molecule has 4 atom stereocenters. The maximum Gasteiger partial charge on any atom is 0.313 e. The molecule has 4 heterocycles. The number of oxime groups is 1. The second kappa shape index (κ2) is 13.7.